The van der Waals surface area contributed by atoms with Gasteiger partial charge < -0.3 is 9.47 Å². The minimum atomic E-state index is 0.205. The van der Waals surface area contributed by atoms with Gasteiger partial charge in [-0.25, -0.2) is 0 Å². The van der Waals surface area contributed by atoms with Crippen LogP contribution in [0, 0.1) is 13.8 Å². The fourth-order valence-corrected chi connectivity index (χ4v) is 3.66. The molecule has 3 heteroatoms. The molecule has 0 aliphatic heterocycles. The lowest BCUT2D eigenvalue weighted by molar-refractivity contribution is 0.386. The zero-order chi connectivity index (χ0) is 16.1. The van der Waals surface area contributed by atoms with Crippen molar-refractivity contribution in [2.24, 2.45) is 0 Å². The Bertz CT molecular complexity index is 595. The van der Waals surface area contributed by atoms with Crippen LogP contribution in [0.4, 0.5) is 0 Å². The summed E-state index contributed by atoms with van der Waals surface area (Å²) in [5.41, 5.74) is 4.80. The summed E-state index contributed by atoms with van der Waals surface area (Å²) >= 11 is 1.89. The first-order valence-electron chi connectivity index (χ1n) is 7.51. The Morgan fingerprint density at radius 2 is 1.45 bits per heavy atom. The highest BCUT2D eigenvalue weighted by atomic mass is 32.2. The van der Waals surface area contributed by atoms with Crippen LogP contribution < -0.4 is 9.47 Å². The van der Waals surface area contributed by atoms with Gasteiger partial charge in [0.1, 0.15) is 11.5 Å². The number of hydrogen-bond acceptors (Lipinski definition) is 3. The first-order chi connectivity index (χ1) is 10.6. The molecule has 2 rings (SSSR count). The summed E-state index contributed by atoms with van der Waals surface area (Å²) in [6.07, 6.45) is 0. The zero-order valence-electron chi connectivity index (χ0n) is 14.0. The average molecular weight is 316 g/mol. The molecule has 118 valence electrons. The maximum atomic E-state index is 5.65. The molecule has 22 heavy (non-hydrogen) atoms. The molecule has 0 amide bonds. The van der Waals surface area contributed by atoms with E-state index < -0.39 is 0 Å². The molecule has 2 aromatic carbocycles. The normalized spacial score (nSPS) is 12.0. The maximum Gasteiger partial charge on any atom is 0.127 e. The van der Waals surface area contributed by atoms with E-state index in [2.05, 4.69) is 57.2 Å². The molecular formula is C19H24O2S. The van der Waals surface area contributed by atoms with E-state index in [-0.39, 0.29) is 5.25 Å². The van der Waals surface area contributed by atoms with E-state index in [0.29, 0.717) is 0 Å². The van der Waals surface area contributed by atoms with Crippen LogP contribution >= 0.6 is 11.8 Å². The van der Waals surface area contributed by atoms with Crippen LogP contribution in [0.5, 0.6) is 11.5 Å². The summed E-state index contributed by atoms with van der Waals surface area (Å²) in [7, 11) is 3.45. The minimum absolute atomic E-state index is 0.205. The lowest BCUT2D eigenvalue weighted by Crippen LogP contribution is -2.04. The molecule has 0 saturated heterocycles. The second-order valence-corrected chi connectivity index (χ2v) is 6.71. The average Bonchev–Trinajstić information content (AvgIpc) is 2.53. The Morgan fingerprint density at radius 1 is 0.909 bits per heavy atom. The Kier molecular flexibility index (Phi) is 5.78. The van der Waals surface area contributed by atoms with Gasteiger partial charge in [-0.2, -0.15) is 0 Å². The van der Waals surface area contributed by atoms with Crippen molar-refractivity contribution in [3.8, 4) is 11.5 Å². The Labute approximate surface area is 137 Å². The van der Waals surface area contributed by atoms with Crippen molar-refractivity contribution in [2.45, 2.75) is 26.0 Å². The summed E-state index contributed by atoms with van der Waals surface area (Å²) in [5, 5.41) is 0.205. The smallest absolute Gasteiger partial charge is 0.127 e. The van der Waals surface area contributed by atoms with Crippen molar-refractivity contribution in [1.82, 2.24) is 0 Å². The molecular weight excluding hydrogens is 292 g/mol. The predicted molar refractivity (Wildman–Crippen MR) is 95.4 cm³/mol. The van der Waals surface area contributed by atoms with Crippen LogP contribution in [0.3, 0.4) is 0 Å². The van der Waals surface area contributed by atoms with Crippen molar-refractivity contribution in [3.05, 3.63) is 58.7 Å². The molecule has 1 unspecified atom stereocenters. The summed E-state index contributed by atoms with van der Waals surface area (Å²) in [6.45, 7) is 6.35. The van der Waals surface area contributed by atoms with E-state index in [9.17, 15) is 0 Å². The standard InChI is InChI=1S/C19H24O2S/c1-6-22-19(15-9-7-13(2)8-10-15)18-16(20-4)11-14(3)12-17(18)21-5/h7-12,19H,6H2,1-5H3. The number of aryl methyl sites for hydroxylation is 2. The molecule has 1 atom stereocenters. The molecule has 0 fully saturated rings. The van der Waals surface area contributed by atoms with Gasteiger partial charge in [0.15, 0.2) is 0 Å². The second kappa shape index (κ2) is 7.59. The Morgan fingerprint density at radius 3 is 1.91 bits per heavy atom. The van der Waals surface area contributed by atoms with Gasteiger partial charge in [0.05, 0.1) is 25.0 Å². The molecule has 0 heterocycles. The van der Waals surface area contributed by atoms with Crippen LogP contribution in [-0.4, -0.2) is 20.0 Å². The lowest BCUT2D eigenvalue weighted by Gasteiger charge is -2.23. The van der Waals surface area contributed by atoms with E-state index in [4.69, 9.17) is 9.47 Å². The van der Waals surface area contributed by atoms with E-state index in [1.165, 1.54) is 11.1 Å². The number of benzene rings is 2. The number of rotatable bonds is 6. The first-order valence-corrected chi connectivity index (χ1v) is 8.56. The largest absolute Gasteiger partial charge is 0.496 e. The van der Waals surface area contributed by atoms with E-state index in [1.54, 1.807) is 14.2 Å². The molecule has 0 aliphatic rings. The van der Waals surface area contributed by atoms with Crippen molar-refractivity contribution in [3.63, 3.8) is 0 Å². The fourth-order valence-electron chi connectivity index (χ4n) is 2.58. The minimum Gasteiger partial charge on any atom is -0.496 e. The van der Waals surface area contributed by atoms with E-state index >= 15 is 0 Å². The third kappa shape index (κ3) is 3.58. The summed E-state index contributed by atoms with van der Waals surface area (Å²) in [5.74, 6) is 2.81. The van der Waals surface area contributed by atoms with Gasteiger partial charge in [-0.05, 0) is 42.9 Å². The van der Waals surface area contributed by atoms with Gasteiger partial charge in [0.2, 0.25) is 0 Å². The molecule has 0 saturated carbocycles. The van der Waals surface area contributed by atoms with E-state index in [0.717, 1.165) is 28.4 Å². The highest BCUT2D eigenvalue weighted by Gasteiger charge is 2.23. The van der Waals surface area contributed by atoms with Crippen molar-refractivity contribution >= 4 is 11.8 Å². The molecule has 0 radical (unpaired) electrons. The van der Waals surface area contributed by atoms with Gasteiger partial charge in [-0.3, -0.25) is 0 Å². The SMILES string of the molecule is CCSC(c1ccc(C)cc1)c1c(OC)cc(C)cc1OC. The van der Waals surface area contributed by atoms with E-state index in [1.807, 2.05) is 11.8 Å². The van der Waals surface area contributed by atoms with Crippen LogP contribution in [-0.2, 0) is 0 Å². The van der Waals surface area contributed by atoms with Gasteiger partial charge in [-0.15, -0.1) is 11.8 Å². The van der Waals surface area contributed by atoms with Crippen LogP contribution in [0.25, 0.3) is 0 Å². The maximum absolute atomic E-state index is 5.65. The molecule has 0 spiro atoms. The summed E-state index contributed by atoms with van der Waals surface area (Å²) in [6, 6.07) is 12.9. The number of hydrogen-bond donors (Lipinski definition) is 0. The highest BCUT2D eigenvalue weighted by molar-refractivity contribution is 7.99. The molecule has 0 bridgehead atoms. The third-order valence-electron chi connectivity index (χ3n) is 3.66. The zero-order valence-corrected chi connectivity index (χ0v) is 14.8. The van der Waals surface area contributed by atoms with Gasteiger partial charge in [0, 0.05) is 0 Å². The number of methoxy groups -OCH3 is 2. The number of ether oxygens (including phenoxy) is 2. The molecule has 0 aromatic heterocycles. The molecule has 0 aliphatic carbocycles. The van der Waals surface area contributed by atoms with Gasteiger partial charge in [-0.1, -0.05) is 36.8 Å². The Balaban J connectivity index is 2.59. The second-order valence-electron chi connectivity index (χ2n) is 5.33. The lowest BCUT2D eigenvalue weighted by atomic mass is 10.00. The molecule has 2 nitrogen and oxygen atoms in total. The van der Waals surface area contributed by atoms with Crippen LogP contribution in [0.15, 0.2) is 36.4 Å². The topological polar surface area (TPSA) is 18.5 Å². The summed E-state index contributed by atoms with van der Waals surface area (Å²) < 4.78 is 11.3. The molecule has 2 aromatic rings. The highest BCUT2D eigenvalue weighted by Crippen LogP contribution is 2.45. The first kappa shape index (κ1) is 16.8. The monoisotopic (exact) mass is 316 g/mol. The van der Waals surface area contributed by atoms with Crippen LogP contribution in [0.2, 0.25) is 0 Å². The number of thioether (sulfide) groups is 1. The van der Waals surface area contributed by atoms with Gasteiger partial charge in [0.25, 0.3) is 0 Å². The van der Waals surface area contributed by atoms with Crippen molar-refractivity contribution < 1.29 is 9.47 Å². The fraction of sp³-hybridized carbons (Fsp3) is 0.368. The summed E-state index contributed by atoms with van der Waals surface area (Å²) in [4.78, 5) is 0. The van der Waals surface area contributed by atoms with Crippen LogP contribution in [0.1, 0.15) is 34.4 Å². The van der Waals surface area contributed by atoms with Gasteiger partial charge >= 0.3 is 0 Å². The Hall–Kier alpha value is -1.61. The third-order valence-corrected chi connectivity index (χ3v) is 4.84. The molecule has 0 N–H and O–H groups in total. The quantitative estimate of drug-likeness (QED) is 0.733. The van der Waals surface area contributed by atoms with Crippen molar-refractivity contribution in [1.29, 1.82) is 0 Å². The van der Waals surface area contributed by atoms with Crippen molar-refractivity contribution in [2.75, 3.05) is 20.0 Å². The predicted octanol–water partition coefficient (Wildman–Crippen LogP) is 5.16.